The minimum Gasteiger partial charge on any atom is -0.480 e. The number of rotatable bonds is 6. The van der Waals surface area contributed by atoms with Gasteiger partial charge in [-0.25, -0.2) is 9.59 Å². The Bertz CT molecular complexity index is 561. The summed E-state index contributed by atoms with van der Waals surface area (Å²) >= 11 is 0. The van der Waals surface area contributed by atoms with Crippen LogP contribution in [-0.2, 0) is 4.79 Å². The molecule has 5 heteroatoms. The van der Waals surface area contributed by atoms with Crippen LogP contribution in [-0.4, -0.2) is 52.6 Å². The molecular formula is C17H20N2O3. The molecule has 22 heavy (non-hydrogen) atoms. The summed E-state index contributed by atoms with van der Waals surface area (Å²) in [4.78, 5) is 27.0. The van der Waals surface area contributed by atoms with E-state index in [9.17, 15) is 14.7 Å². The minimum atomic E-state index is -0.981. The number of likely N-dealkylation sites (tertiary alicyclic amines) is 1. The molecule has 0 aliphatic carbocycles. The van der Waals surface area contributed by atoms with E-state index < -0.39 is 12.0 Å². The SMILES string of the molecule is C=CCN(CC=C)C(=O)N1C[C@H](c2ccccc2)[C@H]1C(=O)O. The van der Waals surface area contributed by atoms with E-state index in [1.165, 1.54) is 9.80 Å². The summed E-state index contributed by atoms with van der Waals surface area (Å²) in [7, 11) is 0. The van der Waals surface area contributed by atoms with E-state index in [1.54, 1.807) is 12.2 Å². The van der Waals surface area contributed by atoms with Gasteiger partial charge in [-0.2, -0.15) is 0 Å². The van der Waals surface area contributed by atoms with Crippen molar-refractivity contribution in [2.45, 2.75) is 12.0 Å². The number of hydrogen-bond acceptors (Lipinski definition) is 2. The average molecular weight is 300 g/mol. The lowest BCUT2D eigenvalue weighted by molar-refractivity contribution is -0.147. The van der Waals surface area contributed by atoms with Crippen molar-refractivity contribution in [3.8, 4) is 0 Å². The van der Waals surface area contributed by atoms with Gasteiger partial charge in [0.2, 0.25) is 0 Å². The van der Waals surface area contributed by atoms with Crippen LogP contribution in [0.4, 0.5) is 4.79 Å². The molecule has 1 aliphatic rings. The molecule has 0 bridgehead atoms. The summed E-state index contributed by atoms with van der Waals surface area (Å²) < 4.78 is 0. The monoisotopic (exact) mass is 300 g/mol. The summed E-state index contributed by atoms with van der Waals surface area (Å²) in [6.07, 6.45) is 3.23. The van der Waals surface area contributed by atoms with Crippen molar-refractivity contribution in [3.05, 3.63) is 61.2 Å². The molecule has 2 rings (SSSR count). The van der Waals surface area contributed by atoms with E-state index in [4.69, 9.17) is 0 Å². The molecule has 1 aromatic rings. The van der Waals surface area contributed by atoms with Gasteiger partial charge in [-0.05, 0) is 5.56 Å². The predicted molar refractivity (Wildman–Crippen MR) is 84.7 cm³/mol. The number of nitrogens with zero attached hydrogens (tertiary/aromatic N) is 2. The standard InChI is InChI=1S/C17H20N2O3/c1-3-10-18(11-4-2)17(22)19-12-14(15(19)16(20)21)13-8-6-5-7-9-13/h3-9,14-15H,1-2,10-12H2,(H,20,21)/t14-,15+/m1/s1. The number of benzene rings is 1. The average Bonchev–Trinajstić information content (AvgIpc) is 2.46. The molecule has 0 unspecified atom stereocenters. The van der Waals surface area contributed by atoms with E-state index >= 15 is 0 Å². The number of urea groups is 1. The lowest BCUT2D eigenvalue weighted by Gasteiger charge is -2.47. The first-order valence-corrected chi connectivity index (χ1v) is 7.15. The second kappa shape index (κ2) is 6.93. The van der Waals surface area contributed by atoms with E-state index in [2.05, 4.69) is 13.2 Å². The van der Waals surface area contributed by atoms with Crippen LogP contribution in [0.15, 0.2) is 55.6 Å². The number of carboxylic acid groups (broad SMARTS) is 1. The number of carbonyl (C=O) groups is 2. The first-order chi connectivity index (χ1) is 10.6. The molecule has 0 spiro atoms. The smallest absolute Gasteiger partial charge is 0.327 e. The van der Waals surface area contributed by atoms with Crippen molar-refractivity contribution in [2.75, 3.05) is 19.6 Å². The van der Waals surface area contributed by atoms with Crippen LogP contribution in [0.2, 0.25) is 0 Å². The Kier molecular flexibility index (Phi) is 4.99. The number of amides is 2. The van der Waals surface area contributed by atoms with Gasteiger partial charge in [0.1, 0.15) is 6.04 Å². The lowest BCUT2D eigenvalue weighted by Crippen LogP contribution is -2.63. The normalized spacial score (nSPS) is 19.9. The van der Waals surface area contributed by atoms with Crippen LogP contribution in [0.5, 0.6) is 0 Å². The molecule has 0 radical (unpaired) electrons. The van der Waals surface area contributed by atoms with Gasteiger partial charge in [-0.3, -0.25) is 0 Å². The van der Waals surface area contributed by atoms with Crippen molar-refractivity contribution in [3.63, 3.8) is 0 Å². The maximum absolute atomic E-state index is 12.5. The molecule has 1 fully saturated rings. The predicted octanol–water partition coefficient (Wildman–Crippen LogP) is 2.33. The second-order valence-corrected chi connectivity index (χ2v) is 5.22. The van der Waals surface area contributed by atoms with E-state index in [0.29, 0.717) is 19.6 Å². The van der Waals surface area contributed by atoms with E-state index in [-0.39, 0.29) is 11.9 Å². The van der Waals surface area contributed by atoms with Gasteiger partial charge in [0, 0.05) is 25.6 Å². The number of aliphatic carboxylic acids is 1. The topological polar surface area (TPSA) is 60.9 Å². The number of hydrogen-bond donors (Lipinski definition) is 1. The summed E-state index contributed by atoms with van der Waals surface area (Å²) in [5, 5.41) is 9.47. The minimum absolute atomic E-state index is 0.169. The largest absolute Gasteiger partial charge is 0.480 e. The Morgan fingerprint density at radius 3 is 2.32 bits per heavy atom. The first-order valence-electron chi connectivity index (χ1n) is 7.15. The highest BCUT2D eigenvalue weighted by Gasteiger charge is 2.48. The van der Waals surface area contributed by atoms with Crippen LogP contribution in [0, 0.1) is 0 Å². The molecule has 1 N–H and O–H groups in total. The third-order valence-corrected chi connectivity index (χ3v) is 3.81. The molecule has 0 saturated carbocycles. The molecular weight excluding hydrogens is 280 g/mol. The van der Waals surface area contributed by atoms with E-state index in [1.807, 2.05) is 30.3 Å². The van der Waals surface area contributed by atoms with Crippen molar-refractivity contribution in [2.24, 2.45) is 0 Å². The molecule has 1 aromatic carbocycles. The number of carbonyl (C=O) groups excluding carboxylic acids is 1. The Labute approximate surface area is 130 Å². The molecule has 2 atom stereocenters. The summed E-state index contributed by atoms with van der Waals surface area (Å²) in [6.45, 7) is 8.38. The molecule has 1 aliphatic heterocycles. The van der Waals surface area contributed by atoms with Gasteiger partial charge < -0.3 is 14.9 Å². The third-order valence-electron chi connectivity index (χ3n) is 3.81. The molecule has 2 amide bonds. The van der Waals surface area contributed by atoms with Crippen molar-refractivity contribution in [1.29, 1.82) is 0 Å². The van der Waals surface area contributed by atoms with Crippen molar-refractivity contribution < 1.29 is 14.7 Å². The van der Waals surface area contributed by atoms with Crippen LogP contribution in [0.1, 0.15) is 11.5 Å². The zero-order valence-electron chi connectivity index (χ0n) is 12.4. The number of carboxylic acids is 1. The first kappa shape index (κ1) is 15.8. The van der Waals surface area contributed by atoms with Crippen LogP contribution in [0.25, 0.3) is 0 Å². The van der Waals surface area contributed by atoms with Crippen molar-refractivity contribution in [1.82, 2.24) is 9.80 Å². The Balaban J connectivity index is 2.15. The highest BCUT2D eigenvalue weighted by Crippen LogP contribution is 2.35. The molecule has 116 valence electrons. The maximum Gasteiger partial charge on any atom is 0.327 e. The van der Waals surface area contributed by atoms with E-state index in [0.717, 1.165) is 5.56 Å². The summed E-state index contributed by atoms with van der Waals surface area (Å²) in [5.74, 6) is -1.15. The van der Waals surface area contributed by atoms with Crippen molar-refractivity contribution >= 4 is 12.0 Å². The zero-order chi connectivity index (χ0) is 16.1. The highest BCUT2D eigenvalue weighted by atomic mass is 16.4. The Hall–Kier alpha value is -2.56. The van der Waals surface area contributed by atoms with Gasteiger partial charge in [-0.1, -0.05) is 42.5 Å². The fourth-order valence-electron chi connectivity index (χ4n) is 2.72. The molecule has 1 heterocycles. The fraction of sp³-hybridized carbons (Fsp3) is 0.294. The molecule has 1 saturated heterocycles. The van der Waals surface area contributed by atoms with Crippen LogP contribution >= 0.6 is 0 Å². The lowest BCUT2D eigenvalue weighted by atomic mass is 9.83. The van der Waals surface area contributed by atoms with Gasteiger partial charge >= 0.3 is 12.0 Å². The second-order valence-electron chi connectivity index (χ2n) is 5.22. The fourth-order valence-corrected chi connectivity index (χ4v) is 2.72. The quantitative estimate of drug-likeness (QED) is 0.820. The Morgan fingerprint density at radius 1 is 1.23 bits per heavy atom. The molecule has 5 nitrogen and oxygen atoms in total. The third kappa shape index (κ3) is 3.03. The van der Waals surface area contributed by atoms with Gasteiger partial charge in [0.15, 0.2) is 0 Å². The van der Waals surface area contributed by atoms with Gasteiger partial charge in [0.25, 0.3) is 0 Å². The van der Waals surface area contributed by atoms with Gasteiger partial charge in [-0.15, -0.1) is 13.2 Å². The van der Waals surface area contributed by atoms with Crippen LogP contribution in [0.3, 0.4) is 0 Å². The Morgan fingerprint density at radius 2 is 1.82 bits per heavy atom. The highest BCUT2D eigenvalue weighted by molar-refractivity contribution is 5.86. The molecule has 0 aromatic heterocycles. The maximum atomic E-state index is 12.5. The summed E-state index contributed by atoms with van der Waals surface area (Å²) in [5.41, 5.74) is 0.943. The zero-order valence-corrected chi connectivity index (χ0v) is 12.4. The van der Waals surface area contributed by atoms with Crippen LogP contribution < -0.4 is 0 Å². The van der Waals surface area contributed by atoms with Gasteiger partial charge in [0.05, 0.1) is 0 Å². The summed E-state index contributed by atoms with van der Waals surface area (Å²) in [6, 6.07) is 8.31.